The highest BCUT2D eigenvalue weighted by atomic mass is 32.2. The molecule has 1 aromatic carbocycles. The number of nitrogens with one attached hydrogen (secondary N) is 1. The van der Waals surface area contributed by atoms with Crippen molar-refractivity contribution in [3.63, 3.8) is 0 Å². The number of nitriles is 1. The van der Waals surface area contributed by atoms with Crippen LogP contribution in [-0.2, 0) is 14.3 Å². The van der Waals surface area contributed by atoms with Crippen molar-refractivity contribution in [2.75, 3.05) is 17.7 Å². The third kappa shape index (κ3) is 5.87. The maximum Gasteiger partial charge on any atom is 0.316 e. The lowest BCUT2D eigenvalue weighted by molar-refractivity contribution is -0.140. The summed E-state index contributed by atoms with van der Waals surface area (Å²) in [5.41, 5.74) is 1.69. The molecular weight excluding hydrogens is 442 g/mol. The fourth-order valence-electron chi connectivity index (χ4n) is 3.39. The number of amides is 1. The number of benzene rings is 1. The maximum atomic E-state index is 13.2. The van der Waals surface area contributed by atoms with Gasteiger partial charge in [0.2, 0.25) is 0 Å². The molecule has 0 aliphatic carbocycles. The molecule has 2 heterocycles. The number of rotatable bonds is 8. The smallest absolute Gasteiger partial charge is 0.316 e. The Morgan fingerprint density at radius 1 is 1.25 bits per heavy atom. The molecule has 32 heavy (non-hydrogen) atoms. The number of allylic oxidation sites excluding steroid dienone is 1. The third-order valence-corrected chi connectivity index (χ3v) is 6.92. The van der Waals surface area contributed by atoms with Gasteiger partial charge in [-0.05, 0) is 36.9 Å². The predicted molar refractivity (Wildman–Crippen MR) is 130 cm³/mol. The summed E-state index contributed by atoms with van der Waals surface area (Å²) in [5, 5.41) is 15.4. The van der Waals surface area contributed by atoms with Crippen LogP contribution in [-0.4, -0.2) is 29.3 Å². The summed E-state index contributed by atoms with van der Waals surface area (Å²) >= 11 is 2.71. The van der Waals surface area contributed by atoms with Gasteiger partial charge >= 0.3 is 5.97 Å². The molecule has 1 aliphatic heterocycles. The first-order chi connectivity index (χ1) is 15.5. The van der Waals surface area contributed by atoms with Gasteiger partial charge in [-0.1, -0.05) is 49.4 Å². The number of hydrogen-bond acceptors (Lipinski definition) is 7. The number of hydrogen-bond donors (Lipinski definition) is 1. The summed E-state index contributed by atoms with van der Waals surface area (Å²) in [6, 6.07) is 15.4. The number of nitrogens with zero attached hydrogens (tertiary/aromatic N) is 2. The standard InChI is InChI=1S/C24H25N3O3S2/c1-3-4-12-30-20(28)15-32-24-18(14-25)22(19-11-8-13-31-19)21(16(2)26-24)23(29)27-17-9-6-5-7-10-17/h5-11,13,18,22H,3-4,12,15H2,1-2H3,(H,27,29)/t18?,22-/m0/s1. The van der Waals surface area contributed by atoms with Gasteiger partial charge in [-0.25, -0.2) is 4.99 Å². The molecule has 2 aromatic rings. The van der Waals surface area contributed by atoms with Crippen LogP contribution in [0.25, 0.3) is 0 Å². The molecule has 0 bridgehead atoms. The molecule has 2 atom stereocenters. The number of thiophene rings is 1. The Labute approximate surface area is 196 Å². The summed E-state index contributed by atoms with van der Waals surface area (Å²) in [6.07, 6.45) is 1.77. The molecular formula is C24H25N3O3S2. The highest BCUT2D eigenvalue weighted by molar-refractivity contribution is 8.14. The Morgan fingerprint density at radius 3 is 2.69 bits per heavy atom. The van der Waals surface area contributed by atoms with E-state index in [1.807, 2.05) is 54.8 Å². The fourth-order valence-corrected chi connectivity index (χ4v) is 5.18. The van der Waals surface area contributed by atoms with Crippen molar-refractivity contribution >= 4 is 45.7 Å². The van der Waals surface area contributed by atoms with E-state index < -0.39 is 11.8 Å². The quantitative estimate of drug-likeness (QED) is 0.416. The number of ether oxygens (including phenoxy) is 1. The van der Waals surface area contributed by atoms with Crippen LogP contribution < -0.4 is 5.32 Å². The second-order valence-corrected chi connectivity index (χ2v) is 9.21. The average molecular weight is 468 g/mol. The Balaban J connectivity index is 1.88. The average Bonchev–Trinajstić information content (AvgIpc) is 3.32. The Hall–Kier alpha value is -2.89. The number of para-hydroxylation sites is 1. The van der Waals surface area contributed by atoms with Crippen LogP contribution in [0.1, 0.15) is 37.5 Å². The Morgan fingerprint density at radius 2 is 2.03 bits per heavy atom. The van der Waals surface area contributed by atoms with E-state index in [0.29, 0.717) is 28.6 Å². The number of unbranched alkanes of at least 4 members (excludes halogenated alkanes) is 1. The number of carbonyl (C=O) groups is 2. The van der Waals surface area contributed by atoms with E-state index in [4.69, 9.17) is 4.74 Å². The van der Waals surface area contributed by atoms with E-state index in [1.165, 1.54) is 23.1 Å². The monoisotopic (exact) mass is 467 g/mol. The van der Waals surface area contributed by atoms with E-state index in [-0.39, 0.29) is 17.6 Å². The van der Waals surface area contributed by atoms with E-state index in [9.17, 15) is 14.9 Å². The van der Waals surface area contributed by atoms with Crippen LogP contribution in [0, 0.1) is 17.2 Å². The van der Waals surface area contributed by atoms with Crippen LogP contribution in [0.15, 0.2) is 64.1 Å². The molecule has 3 rings (SSSR count). The minimum absolute atomic E-state index is 0.0801. The molecule has 1 N–H and O–H groups in total. The Bertz CT molecular complexity index is 1040. The van der Waals surface area contributed by atoms with Gasteiger partial charge in [0.05, 0.1) is 23.5 Å². The molecule has 0 spiro atoms. The third-order valence-electron chi connectivity index (χ3n) is 4.94. The molecule has 8 heteroatoms. The molecule has 1 aliphatic rings. The first-order valence-electron chi connectivity index (χ1n) is 10.4. The normalized spacial score (nSPS) is 18.0. The van der Waals surface area contributed by atoms with Crippen molar-refractivity contribution in [1.82, 2.24) is 0 Å². The van der Waals surface area contributed by atoms with E-state index >= 15 is 0 Å². The summed E-state index contributed by atoms with van der Waals surface area (Å²) in [6.45, 7) is 4.20. The minimum Gasteiger partial charge on any atom is -0.465 e. The van der Waals surface area contributed by atoms with Crippen LogP contribution in [0.5, 0.6) is 0 Å². The molecule has 1 amide bonds. The number of esters is 1. The maximum absolute atomic E-state index is 13.2. The predicted octanol–water partition coefficient (Wildman–Crippen LogP) is 5.37. The highest BCUT2D eigenvalue weighted by Gasteiger charge is 2.39. The van der Waals surface area contributed by atoms with E-state index in [2.05, 4.69) is 16.4 Å². The van der Waals surface area contributed by atoms with Crippen molar-refractivity contribution in [1.29, 1.82) is 5.26 Å². The first-order valence-corrected chi connectivity index (χ1v) is 12.3. The molecule has 0 saturated heterocycles. The van der Waals surface area contributed by atoms with Crippen molar-refractivity contribution in [3.05, 3.63) is 64.0 Å². The molecule has 1 aromatic heterocycles. The SMILES string of the molecule is CCCCOC(=O)CSC1=NC(C)=C(C(=O)Nc2ccccc2)[C@H](c2cccs2)C1C#N. The number of carbonyl (C=O) groups excluding carboxylic acids is 2. The lowest BCUT2D eigenvalue weighted by Crippen LogP contribution is -2.31. The van der Waals surface area contributed by atoms with Crippen molar-refractivity contribution in [2.24, 2.45) is 10.9 Å². The zero-order chi connectivity index (χ0) is 22.9. The summed E-state index contributed by atoms with van der Waals surface area (Å²) in [4.78, 5) is 30.8. The van der Waals surface area contributed by atoms with Gasteiger partial charge in [-0.15, -0.1) is 11.3 Å². The number of thioether (sulfide) groups is 1. The van der Waals surface area contributed by atoms with Gasteiger partial charge in [0, 0.05) is 27.8 Å². The second-order valence-electron chi connectivity index (χ2n) is 7.23. The lowest BCUT2D eigenvalue weighted by Gasteiger charge is -2.29. The first kappa shape index (κ1) is 23.8. The Kier molecular flexibility index (Phi) is 8.65. The van der Waals surface area contributed by atoms with Crippen molar-refractivity contribution < 1.29 is 14.3 Å². The lowest BCUT2D eigenvalue weighted by atomic mass is 9.82. The van der Waals surface area contributed by atoms with Crippen molar-refractivity contribution in [3.8, 4) is 6.07 Å². The number of anilines is 1. The van der Waals surface area contributed by atoms with Crippen molar-refractivity contribution in [2.45, 2.75) is 32.6 Å². The minimum atomic E-state index is -0.665. The molecule has 0 saturated carbocycles. The topological polar surface area (TPSA) is 91.5 Å². The van der Waals surface area contributed by atoms with Gasteiger partial charge in [-0.3, -0.25) is 9.59 Å². The summed E-state index contributed by atoms with van der Waals surface area (Å²) < 4.78 is 5.22. The second kappa shape index (κ2) is 11.7. The van der Waals surface area contributed by atoms with Gasteiger partial charge in [0.15, 0.2) is 0 Å². The highest BCUT2D eigenvalue weighted by Crippen LogP contribution is 2.43. The zero-order valence-electron chi connectivity index (χ0n) is 18.0. The van der Waals surface area contributed by atoms with Crippen LogP contribution in [0.4, 0.5) is 5.69 Å². The zero-order valence-corrected chi connectivity index (χ0v) is 19.7. The molecule has 0 fully saturated rings. The van der Waals surface area contributed by atoms with Crippen LogP contribution in [0.2, 0.25) is 0 Å². The molecule has 1 unspecified atom stereocenters. The van der Waals surface area contributed by atoms with E-state index in [1.54, 1.807) is 6.92 Å². The fraction of sp³-hybridized carbons (Fsp3) is 0.333. The molecule has 0 radical (unpaired) electrons. The van der Waals surface area contributed by atoms with Gasteiger partial charge < -0.3 is 10.1 Å². The number of aliphatic imine (C=N–C) groups is 1. The van der Waals surface area contributed by atoms with Gasteiger partial charge in [0.1, 0.15) is 5.92 Å². The van der Waals surface area contributed by atoms with Gasteiger partial charge in [0.25, 0.3) is 5.91 Å². The molecule has 166 valence electrons. The van der Waals surface area contributed by atoms with E-state index in [0.717, 1.165) is 17.7 Å². The summed E-state index contributed by atoms with van der Waals surface area (Å²) in [7, 11) is 0. The molecule has 6 nitrogen and oxygen atoms in total. The largest absolute Gasteiger partial charge is 0.465 e. The van der Waals surface area contributed by atoms with Crippen LogP contribution >= 0.6 is 23.1 Å². The van der Waals surface area contributed by atoms with Gasteiger partial charge in [-0.2, -0.15) is 5.26 Å². The summed E-state index contributed by atoms with van der Waals surface area (Å²) in [5.74, 6) is -1.65. The van der Waals surface area contributed by atoms with Crippen LogP contribution in [0.3, 0.4) is 0 Å².